The third kappa shape index (κ3) is 2.10. The Labute approximate surface area is 118 Å². The molecule has 4 heteroatoms. The molecule has 2 fully saturated rings. The molecule has 110 valence electrons. The largest absolute Gasteiger partial charge is 0.487 e. The van der Waals surface area contributed by atoms with E-state index in [-0.39, 0.29) is 17.3 Å². The van der Waals surface area contributed by atoms with Gasteiger partial charge in [-0.1, -0.05) is 25.3 Å². The number of rotatable bonds is 3. The topological polar surface area (TPSA) is 21.3 Å². The summed E-state index contributed by atoms with van der Waals surface area (Å²) in [7, 11) is 1.97. The van der Waals surface area contributed by atoms with Crippen molar-refractivity contribution in [3.05, 3.63) is 29.8 Å². The van der Waals surface area contributed by atoms with Crippen LogP contribution >= 0.6 is 0 Å². The van der Waals surface area contributed by atoms with Crippen molar-refractivity contribution in [3.8, 4) is 5.75 Å². The zero-order chi connectivity index (χ0) is 14.2. The average Bonchev–Trinajstić information content (AvgIpc) is 2.48. The Morgan fingerprint density at radius 1 is 1.20 bits per heavy atom. The molecule has 2 unspecified atom stereocenters. The van der Waals surface area contributed by atoms with Crippen LogP contribution in [-0.4, -0.2) is 19.2 Å². The normalized spacial score (nSPS) is 28.1. The van der Waals surface area contributed by atoms with Gasteiger partial charge in [-0.05, 0) is 32.0 Å². The fourth-order valence-electron chi connectivity index (χ4n) is 3.93. The van der Waals surface area contributed by atoms with Crippen LogP contribution < -0.4 is 10.1 Å². The van der Waals surface area contributed by atoms with Crippen molar-refractivity contribution in [2.75, 3.05) is 7.05 Å². The first-order valence-corrected chi connectivity index (χ1v) is 7.45. The zero-order valence-corrected chi connectivity index (χ0v) is 11.8. The Bertz CT molecular complexity index is 485. The first-order valence-electron chi connectivity index (χ1n) is 7.45. The van der Waals surface area contributed by atoms with Gasteiger partial charge in [-0.15, -0.1) is 0 Å². The van der Waals surface area contributed by atoms with Gasteiger partial charge in [-0.25, -0.2) is 4.39 Å². The summed E-state index contributed by atoms with van der Waals surface area (Å²) in [6.45, 7) is 0. The number of nitrogens with one attached hydrogen (secondary N) is 1. The van der Waals surface area contributed by atoms with Crippen LogP contribution in [0.25, 0.3) is 0 Å². The Kier molecular flexibility index (Phi) is 3.67. The van der Waals surface area contributed by atoms with Crippen LogP contribution in [-0.2, 0) is 0 Å². The van der Waals surface area contributed by atoms with E-state index in [0.717, 1.165) is 25.3 Å². The second-order valence-electron chi connectivity index (χ2n) is 6.03. The maximum atomic E-state index is 13.7. The third-order valence-electron chi connectivity index (χ3n) is 5.10. The molecular formula is C16H21F2NO. The van der Waals surface area contributed by atoms with Crippen molar-refractivity contribution in [2.24, 2.45) is 5.41 Å². The van der Waals surface area contributed by atoms with Gasteiger partial charge in [0, 0.05) is 17.9 Å². The van der Waals surface area contributed by atoms with Crippen molar-refractivity contribution in [1.82, 2.24) is 5.32 Å². The molecule has 20 heavy (non-hydrogen) atoms. The van der Waals surface area contributed by atoms with Gasteiger partial charge in [-0.2, -0.15) is 4.39 Å². The lowest BCUT2D eigenvalue weighted by atomic mass is 9.55. The monoisotopic (exact) mass is 281 g/mol. The first-order chi connectivity index (χ1) is 9.67. The van der Waals surface area contributed by atoms with E-state index in [9.17, 15) is 8.78 Å². The third-order valence-corrected chi connectivity index (χ3v) is 5.10. The van der Waals surface area contributed by atoms with Crippen LogP contribution in [0.5, 0.6) is 5.75 Å². The highest BCUT2D eigenvalue weighted by Crippen LogP contribution is 2.53. The summed E-state index contributed by atoms with van der Waals surface area (Å²) in [4.78, 5) is 0. The summed E-state index contributed by atoms with van der Waals surface area (Å²) in [5.74, 6) is -1.66. The molecule has 1 spiro atoms. The number of ether oxygens (including phenoxy) is 1. The lowest BCUT2D eigenvalue weighted by Crippen LogP contribution is -2.64. The molecule has 0 aromatic heterocycles. The molecule has 2 nitrogen and oxygen atoms in total. The predicted molar refractivity (Wildman–Crippen MR) is 73.8 cm³/mol. The molecule has 2 atom stereocenters. The Balaban J connectivity index is 1.79. The quantitative estimate of drug-likeness (QED) is 0.913. The fraction of sp³-hybridized carbons (Fsp3) is 0.625. The molecule has 0 bridgehead atoms. The number of hydrogen-bond acceptors (Lipinski definition) is 2. The summed E-state index contributed by atoms with van der Waals surface area (Å²) in [5.41, 5.74) is 0.103. The Hall–Kier alpha value is -1.16. The van der Waals surface area contributed by atoms with Gasteiger partial charge in [0.1, 0.15) is 6.10 Å². The van der Waals surface area contributed by atoms with Crippen molar-refractivity contribution < 1.29 is 13.5 Å². The van der Waals surface area contributed by atoms with Crippen LogP contribution in [0.2, 0.25) is 0 Å². The number of halogens is 2. The van der Waals surface area contributed by atoms with Gasteiger partial charge in [0.2, 0.25) is 5.82 Å². The lowest BCUT2D eigenvalue weighted by molar-refractivity contribution is -0.102. The molecule has 0 heterocycles. The van der Waals surface area contributed by atoms with E-state index in [1.165, 1.54) is 31.4 Å². The molecule has 1 N–H and O–H groups in total. The van der Waals surface area contributed by atoms with Gasteiger partial charge in [-0.3, -0.25) is 0 Å². The van der Waals surface area contributed by atoms with E-state index in [1.54, 1.807) is 0 Å². The molecular weight excluding hydrogens is 260 g/mol. The molecule has 0 radical (unpaired) electrons. The van der Waals surface area contributed by atoms with Gasteiger partial charge in [0.05, 0.1) is 0 Å². The predicted octanol–water partition coefficient (Wildman–Crippen LogP) is 3.65. The molecule has 3 rings (SSSR count). The van der Waals surface area contributed by atoms with Crippen LogP contribution in [0, 0.1) is 17.0 Å². The fourth-order valence-corrected chi connectivity index (χ4v) is 3.93. The van der Waals surface area contributed by atoms with E-state index >= 15 is 0 Å². The highest BCUT2D eigenvalue weighted by molar-refractivity contribution is 5.26. The molecule has 2 aliphatic carbocycles. The highest BCUT2D eigenvalue weighted by atomic mass is 19.2. The summed E-state index contributed by atoms with van der Waals surface area (Å²) in [5, 5.41) is 3.36. The van der Waals surface area contributed by atoms with E-state index in [4.69, 9.17) is 4.74 Å². The Morgan fingerprint density at radius 3 is 2.65 bits per heavy atom. The minimum absolute atomic E-state index is 0.00319. The summed E-state index contributed by atoms with van der Waals surface area (Å²) < 4.78 is 32.8. The maximum Gasteiger partial charge on any atom is 0.200 e. The van der Waals surface area contributed by atoms with Gasteiger partial charge < -0.3 is 10.1 Å². The average molecular weight is 281 g/mol. The summed E-state index contributed by atoms with van der Waals surface area (Å²) in [6, 6.07) is 4.57. The first kappa shape index (κ1) is 13.8. The van der Waals surface area contributed by atoms with Crippen LogP contribution in [0.4, 0.5) is 8.78 Å². The molecule has 0 aliphatic heterocycles. The SMILES string of the molecule is CNC1CC(Oc2cccc(F)c2F)C12CCCCC2. The van der Waals surface area contributed by atoms with Crippen molar-refractivity contribution in [3.63, 3.8) is 0 Å². The Morgan fingerprint density at radius 2 is 1.95 bits per heavy atom. The minimum atomic E-state index is -0.869. The van der Waals surface area contributed by atoms with Crippen molar-refractivity contribution in [1.29, 1.82) is 0 Å². The number of hydrogen-bond donors (Lipinski definition) is 1. The smallest absolute Gasteiger partial charge is 0.200 e. The standard InChI is InChI=1S/C16H21F2NO/c1-19-13-10-14(16(13)8-3-2-4-9-16)20-12-7-5-6-11(17)15(12)18/h5-7,13-14,19H,2-4,8-10H2,1H3. The molecule has 1 aromatic rings. The maximum absolute atomic E-state index is 13.7. The van der Waals surface area contributed by atoms with E-state index in [2.05, 4.69) is 5.32 Å². The molecule has 0 saturated heterocycles. The van der Waals surface area contributed by atoms with Gasteiger partial charge in [0.25, 0.3) is 0 Å². The highest BCUT2D eigenvalue weighted by Gasteiger charge is 2.56. The lowest BCUT2D eigenvalue weighted by Gasteiger charge is -2.57. The molecule has 2 saturated carbocycles. The second-order valence-corrected chi connectivity index (χ2v) is 6.03. The summed E-state index contributed by atoms with van der Waals surface area (Å²) >= 11 is 0. The summed E-state index contributed by atoms with van der Waals surface area (Å²) in [6.07, 6.45) is 6.75. The zero-order valence-electron chi connectivity index (χ0n) is 11.8. The second kappa shape index (κ2) is 5.32. The minimum Gasteiger partial charge on any atom is -0.487 e. The number of benzene rings is 1. The van der Waals surface area contributed by atoms with E-state index in [1.807, 2.05) is 7.05 Å². The molecule has 0 amide bonds. The van der Waals surface area contributed by atoms with Crippen LogP contribution in [0.15, 0.2) is 18.2 Å². The van der Waals surface area contributed by atoms with Crippen molar-refractivity contribution in [2.45, 2.75) is 50.7 Å². The van der Waals surface area contributed by atoms with Crippen LogP contribution in [0.1, 0.15) is 38.5 Å². The van der Waals surface area contributed by atoms with Gasteiger partial charge >= 0.3 is 0 Å². The van der Waals surface area contributed by atoms with E-state index in [0.29, 0.717) is 6.04 Å². The van der Waals surface area contributed by atoms with Crippen molar-refractivity contribution >= 4 is 0 Å². The van der Waals surface area contributed by atoms with E-state index < -0.39 is 11.6 Å². The molecule has 1 aromatic carbocycles. The van der Waals surface area contributed by atoms with Crippen LogP contribution in [0.3, 0.4) is 0 Å². The van der Waals surface area contributed by atoms with Gasteiger partial charge in [0.15, 0.2) is 11.6 Å². The molecule has 2 aliphatic rings.